The molecule has 20 heavy (non-hydrogen) atoms. The van der Waals surface area contributed by atoms with Gasteiger partial charge in [0.25, 0.3) is 0 Å². The Bertz CT molecular complexity index is 241. The first kappa shape index (κ1) is 18.3. The Balaban J connectivity index is 2.47. The van der Waals surface area contributed by atoms with E-state index in [1.165, 1.54) is 19.3 Å². The van der Waals surface area contributed by atoms with Gasteiger partial charge in [0.1, 0.15) is 0 Å². The highest BCUT2D eigenvalue weighted by molar-refractivity contribution is 6.60. The molecule has 0 amide bonds. The van der Waals surface area contributed by atoms with Crippen molar-refractivity contribution in [1.29, 1.82) is 0 Å². The van der Waals surface area contributed by atoms with Crippen molar-refractivity contribution in [3.05, 3.63) is 6.42 Å². The van der Waals surface area contributed by atoms with Gasteiger partial charge < -0.3 is 18.0 Å². The summed E-state index contributed by atoms with van der Waals surface area (Å²) < 4.78 is 23.6. The summed E-state index contributed by atoms with van der Waals surface area (Å²) in [5.74, 6) is 0. The zero-order chi connectivity index (χ0) is 14.9. The third-order valence-electron chi connectivity index (χ3n) is 3.62. The monoisotopic (exact) mass is 319 g/mol. The van der Waals surface area contributed by atoms with E-state index < -0.39 is 8.80 Å². The second-order valence-electron chi connectivity index (χ2n) is 5.34. The lowest BCUT2D eigenvalue weighted by Gasteiger charge is -2.35. The lowest BCUT2D eigenvalue weighted by molar-refractivity contribution is 0.00234. The van der Waals surface area contributed by atoms with E-state index in [-0.39, 0.29) is 5.22 Å². The van der Waals surface area contributed by atoms with Crippen molar-refractivity contribution >= 4 is 19.0 Å². The molecule has 0 saturated carbocycles. The van der Waals surface area contributed by atoms with E-state index in [4.69, 9.17) is 18.0 Å². The molecule has 1 fully saturated rings. The molecule has 0 aliphatic carbocycles. The average molecular weight is 320 g/mol. The maximum atomic E-state index is 5.96. The number of rotatable bonds is 10. The number of hydrogen-bond acceptors (Lipinski definition) is 4. The lowest BCUT2D eigenvalue weighted by atomic mass is 10.0. The standard InChI is InChI=1S/C14H31O4Si2/c1-4-16-20(17-5-2,18-6-3)13-9-11-14(19)10-7-8-12-15-14/h11H,4-10,12-13H2,1-3,19H3. The molecular weight excluding hydrogens is 288 g/mol. The number of hydrogen-bond donors (Lipinski definition) is 0. The average Bonchev–Trinajstić information content (AvgIpc) is 2.40. The highest BCUT2D eigenvalue weighted by atomic mass is 28.4. The second-order valence-corrected chi connectivity index (χ2v) is 9.77. The maximum absolute atomic E-state index is 5.96. The van der Waals surface area contributed by atoms with Gasteiger partial charge in [0, 0.05) is 42.7 Å². The molecule has 1 rings (SSSR count). The van der Waals surface area contributed by atoms with Crippen LogP contribution in [0.3, 0.4) is 0 Å². The summed E-state index contributed by atoms with van der Waals surface area (Å²) in [4.78, 5) is 0. The molecule has 0 aromatic heterocycles. The quantitative estimate of drug-likeness (QED) is 0.576. The highest BCUT2D eigenvalue weighted by Gasteiger charge is 2.40. The van der Waals surface area contributed by atoms with Crippen LogP contribution in [0.5, 0.6) is 0 Å². The Morgan fingerprint density at radius 2 is 1.70 bits per heavy atom. The Morgan fingerprint density at radius 1 is 1.10 bits per heavy atom. The van der Waals surface area contributed by atoms with Crippen molar-refractivity contribution in [1.82, 2.24) is 0 Å². The van der Waals surface area contributed by atoms with E-state index in [9.17, 15) is 0 Å². The molecule has 1 aliphatic heterocycles. The fourth-order valence-electron chi connectivity index (χ4n) is 2.67. The van der Waals surface area contributed by atoms with Gasteiger partial charge in [-0.05, 0) is 52.9 Å². The predicted molar refractivity (Wildman–Crippen MR) is 86.8 cm³/mol. The molecule has 1 heterocycles. The third kappa shape index (κ3) is 5.95. The van der Waals surface area contributed by atoms with Gasteiger partial charge in [-0.2, -0.15) is 0 Å². The molecule has 0 bridgehead atoms. The minimum atomic E-state index is -2.48. The zero-order valence-electron chi connectivity index (χ0n) is 13.6. The van der Waals surface area contributed by atoms with Crippen molar-refractivity contribution in [3.8, 4) is 0 Å². The lowest BCUT2D eigenvalue weighted by Crippen LogP contribution is -2.46. The summed E-state index contributed by atoms with van der Waals surface area (Å²) >= 11 is 0. The van der Waals surface area contributed by atoms with Gasteiger partial charge >= 0.3 is 8.80 Å². The van der Waals surface area contributed by atoms with Crippen molar-refractivity contribution in [2.75, 3.05) is 26.4 Å². The molecule has 1 atom stereocenters. The van der Waals surface area contributed by atoms with E-state index in [1.54, 1.807) is 0 Å². The Labute approximate surface area is 128 Å². The molecule has 1 radical (unpaired) electrons. The van der Waals surface area contributed by atoms with E-state index in [0.717, 1.165) is 29.3 Å². The molecule has 0 aromatic rings. The molecule has 1 unspecified atom stereocenters. The van der Waals surface area contributed by atoms with Gasteiger partial charge in [-0.15, -0.1) is 0 Å². The van der Waals surface area contributed by atoms with Crippen molar-refractivity contribution in [2.45, 2.75) is 57.7 Å². The van der Waals surface area contributed by atoms with E-state index in [2.05, 4.69) is 6.42 Å². The molecule has 4 nitrogen and oxygen atoms in total. The SMILES string of the molecule is CCO[Si](CC[CH]C1([SiH3])CCCCO1)(OCC)OCC. The first-order valence-electron chi connectivity index (χ1n) is 8.00. The van der Waals surface area contributed by atoms with Gasteiger partial charge in [0.05, 0.1) is 5.22 Å². The summed E-state index contributed by atoms with van der Waals surface area (Å²) in [6.07, 6.45) is 6.96. The van der Waals surface area contributed by atoms with Crippen LogP contribution < -0.4 is 0 Å². The van der Waals surface area contributed by atoms with Gasteiger partial charge in [0.2, 0.25) is 0 Å². The minimum Gasteiger partial charge on any atom is -0.379 e. The Kier molecular flexibility index (Phi) is 8.54. The molecule has 1 saturated heterocycles. The first-order valence-corrected chi connectivity index (χ1v) is 10.9. The van der Waals surface area contributed by atoms with E-state index >= 15 is 0 Å². The van der Waals surface area contributed by atoms with Crippen LogP contribution in [-0.4, -0.2) is 50.7 Å². The first-order chi connectivity index (χ1) is 9.60. The Morgan fingerprint density at radius 3 is 2.15 bits per heavy atom. The molecular formula is C14H31O4Si2. The van der Waals surface area contributed by atoms with E-state index in [0.29, 0.717) is 19.8 Å². The van der Waals surface area contributed by atoms with Gasteiger partial charge in [0.15, 0.2) is 0 Å². The highest BCUT2D eigenvalue weighted by Crippen LogP contribution is 2.28. The van der Waals surface area contributed by atoms with Crippen molar-refractivity contribution < 1.29 is 18.0 Å². The predicted octanol–water partition coefficient (Wildman–Crippen LogP) is 1.89. The summed E-state index contributed by atoms with van der Waals surface area (Å²) in [6.45, 7) is 8.86. The van der Waals surface area contributed by atoms with Crippen LogP contribution in [0.2, 0.25) is 6.04 Å². The van der Waals surface area contributed by atoms with Gasteiger partial charge in [-0.1, -0.05) is 0 Å². The molecule has 6 heteroatoms. The van der Waals surface area contributed by atoms with Crippen LogP contribution in [0.1, 0.15) is 46.5 Å². The normalized spacial score (nSPS) is 24.1. The molecule has 0 spiro atoms. The fourth-order valence-corrected chi connectivity index (χ4v) is 6.02. The third-order valence-corrected chi connectivity index (χ3v) is 7.90. The fraction of sp³-hybridized carbons (Fsp3) is 0.929. The smallest absolute Gasteiger partial charge is 0.379 e. The number of ether oxygens (including phenoxy) is 1. The zero-order valence-corrected chi connectivity index (χ0v) is 16.6. The molecule has 1 aliphatic rings. The van der Waals surface area contributed by atoms with E-state index in [1.807, 2.05) is 20.8 Å². The molecule has 119 valence electrons. The van der Waals surface area contributed by atoms with Crippen LogP contribution in [0, 0.1) is 6.42 Å². The maximum Gasteiger partial charge on any atom is 0.500 e. The van der Waals surface area contributed by atoms with Gasteiger partial charge in [-0.3, -0.25) is 0 Å². The van der Waals surface area contributed by atoms with Crippen LogP contribution in [0.25, 0.3) is 0 Å². The van der Waals surface area contributed by atoms with Crippen LogP contribution >= 0.6 is 0 Å². The van der Waals surface area contributed by atoms with Crippen molar-refractivity contribution in [2.24, 2.45) is 0 Å². The second kappa shape index (κ2) is 9.32. The van der Waals surface area contributed by atoms with Crippen molar-refractivity contribution in [3.63, 3.8) is 0 Å². The van der Waals surface area contributed by atoms with Gasteiger partial charge in [-0.25, -0.2) is 0 Å². The largest absolute Gasteiger partial charge is 0.500 e. The van der Waals surface area contributed by atoms with Crippen LogP contribution in [0.4, 0.5) is 0 Å². The molecule has 0 N–H and O–H groups in total. The summed E-state index contributed by atoms with van der Waals surface area (Å²) in [7, 11) is -1.43. The summed E-state index contributed by atoms with van der Waals surface area (Å²) in [6, 6.07) is 0.857. The van der Waals surface area contributed by atoms with Crippen LogP contribution in [-0.2, 0) is 18.0 Å². The molecule has 0 aromatic carbocycles. The summed E-state index contributed by atoms with van der Waals surface area (Å²) in [5, 5.41) is 0.0586. The Hall–Kier alpha value is 0.274. The topological polar surface area (TPSA) is 36.9 Å². The van der Waals surface area contributed by atoms with Crippen LogP contribution in [0.15, 0.2) is 0 Å². The minimum absolute atomic E-state index is 0.0586. The summed E-state index contributed by atoms with van der Waals surface area (Å²) in [5.41, 5.74) is 0.